The lowest BCUT2D eigenvalue weighted by molar-refractivity contribution is 0.272. The molecule has 1 aromatic rings. The molecule has 0 saturated carbocycles. The van der Waals surface area contributed by atoms with Gasteiger partial charge in [0.2, 0.25) is 0 Å². The fraction of sp³-hybridized carbons (Fsp3) is 0.643. The number of nitrogens with one attached hydrogen (secondary N) is 1. The minimum absolute atomic E-state index is 0.563. The fourth-order valence-electron chi connectivity index (χ4n) is 2.63. The Morgan fingerprint density at radius 1 is 1.47 bits per heavy atom. The maximum absolute atomic E-state index is 4.49. The average molecular weight is 233 g/mol. The van der Waals surface area contributed by atoms with Crippen molar-refractivity contribution in [3.05, 3.63) is 23.9 Å². The predicted molar refractivity (Wildman–Crippen MR) is 72.2 cm³/mol. The first-order chi connectivity index (χ1) is 8.36. The van der Waals surface area contributed by atoms with Gasteiger partial charge in [-0.2, -0.15) is 0 Å². The number of nitrogens with zero attached hydrogens (tertiary/aromatic N) is 2. The van der Waals surface area contributed by atoms with Crippen LogP contribution in [-0.2, 0) is 0 Å². The van der Waals surface area contributed by atoms with Crippen LogP contribution in [0.5, 0.6) is 0 Å². The van der Waals surface area contributed by atoms with Crippen LogP contribution in [0.15, 0.2) is 18.3 Å². The van der Waals surface area contributed by atoms with Crippen molar-refractivity contribution in [2.45, 2.75) is 39.2 Å². The summed E-state index contributed by atoms with van der Waals surface area (Å²) in [7, 11) is 0. The molecule has 1 saturated heterocycles. The first-order valence-electron chi connectivity index (χ1n) is 6.79. The topological polar surface area (TPSA) is 28.2 Å². The van der Waals surface area contributed by atoms with E-state index in [1.54, 1.807) is 0 Å². The van der Waals surface area contributed by atoms with Gasteiger partial charge >= 0.3 is 0 Å². The summed E-state index contributed by atoms with van der Waals surface area (Å²) in [6.07, 6.45) is 5.59. The van der Waals surface area contributed by atoms with E-state index in [-0.39, 0.29) is 0 Å². The van der Waals surface area contributed by atoms with Crippen molar-refractivity contribution in [2.24, 2.45) is 0 Å². The Labute approximate surface area is 104 Å². The molecule has 2 heterocycles. The lowest BCUT2D eigenvalue weighted by atomic mass is 10.1. The summed E-state index contributed by atoms with van der Waals surface area (Å²) >= 11 is 0. The highest BCUT2D eigenvalue weighted by atomic mass is 15.2. The van der Waals surface area contributed by atoms with Crippen LogP contribution >= 0.6 is 0 Å². The highest BCUT2D eigenvalue weighted by Gasteiger charge is 2.26. The zero-order valence-corrected chi connectivity index (χ0v) is 10.9. The molecule has 0 unspecified atom stereocenters. The Balaban J connectivity index is 2.18. The quantitative estimate of drug-likeness (QED) is 0.847. The molecule has 0 bridgehead atoms. The lowest BCUT2D eigenvalue weighted by Gasteiger charge is -2.24. The highest BCUT2D eigenvalue weighted by molar-refractivity contribution is 5.46. The van der Waals surface area contributed by atoms with Crippen LogP contribution in [-0.4, -0.2) is 29.5 Å². The number of hydrogen-bond donors (Lipinski definition) is 1. The van der Waals surface area contributed by atoms with E-state index in [9.17, 15) is 0 Å². The van der Waals surface area contributed by atoms with Crippen LogP contribution in [0.2, 0.25) is 0 Å². The van der Waals surface area contributed by atoms with Gasteiger partial charge in [-0.3, -0.25) is 4.90 Å². The minimum atomic E-state index is 0.563. The Bertz CT molecular complexity index is 351. The molecule has 2 rings (SSSR count). The predicted octanol–water partition coefficient (Wildman–Crippen LogP) is 3.06. The van der Waals surface area contributed by atoms with Crippen LogP contribution < -0.4 is 5.32 Å². The third-order valence-electron chi connectivity index (χ3n) is 3.51. The molecular formula is C14H23N3. The zero-order valence-electron chi connectivity index (χ0n) is 10.9. The van der Waals surface area contributed by atoms with Gasteiger partial charge in [0.05, 0.1) is 0 Å². The molecule has 94 valence electrons. The van der Waals surface area contributed by atoms with Crippen molar-refractivity contribution < 1.29 is 0 Å². The standard InChI is InChI=1S/C14H23N3/c1-3-9-15-14-12(7-5-10-16-14)13-8-6-11-17(13)4-2/h5,7,10,13H,3-4,6,8-9,11H2,1-2H3,(H,15,16)/t13-/m0/s1. The van der Waals surface area contributed by atoms with Crippen molar-refractivity contribution in [1.82, 2.24) is 9.88 Å². The largest absolute Gasteiger partial charge is 0.370 e. The summed E-state index contributed by atoms with van der Waals surface area (Å²) < 4.78 is 0. The van der Waals surface area contributed by atoms with Gasteiger partial charge in [-0.15, -0.1) is 0 Å². The average Bonchev–Trinajstić information content (AvgIpc) is 2.84. The Kier molecular flexibility index (Phi) is 4.37. The van der Waals surface area contributed by atoms with Gasteiger partial charge in [-0.25, -0.2) is 4.98 Å². The third-order valence-corrected chi connectivity index (χ3v) is 3.51. The molecule has 1 aliphatic rings. The number of anilines is 1. The number of likely N-dealkylation sites (tertiary alicyclic amines) is 1. The Hall–Kier alpha value is -1.09. The van der Waals surface area contributed by atoms with E-state index in [0.717, 1.165) is 25.3 Å². The van der Waals surface area contributed by atoms with E-state index < -0.39 is 0 Å². The van der Waals surface area contributed by atoms with Crippen LogP contribution in [0.1, 0.15) is 44.7 Å². The maximum Gasteiger partial charge on any atom is 0.130 e. The molecule has 1 fully saturated rings. The molecule has 0 radical (unpaired) electrons. The summed E-state index contributed by atoms with van der Waals surface area (Å²) in [5.41, 5.74) is 1.38. The van der Waals surface area contributed by atoms with Crippen LogP contribution in [0, 0.1) is 0 Å². The van der Waals surface area contributed by atoms with Gasteiger partial charge < -0.3 is 5.32 Å². The number of hydrogen-bond acceptors (Lipinski definition) is 3. The molecule has 0 spiro atoms. The van der Waals surface area contributed by atoms with E-state index in [0.29, 0.717) is 6.04 Å². The molecule has 0 amide bonds. The fourth-order valence-corrected chi connectivity index (χ4v) is 2.63. The van der Waals surface area contributed by atoms with Crippen molar-refractivity contribution in [2.75, 3.05) is 25.0 Å². The van der Waals surface area contributed by atoms with Crippen molar-refractivity contribution in [3.63, 3.8) is 0 Å². The van der Waals surface area contributed by atoms with Gasteiger partial charge in [-0.1, -0.05) is 19.9 Å². The van der Waals surface area contributed by atoms with E-state index in [4.69, 9.17) is 0 Å². The summed E-state index contributed by atoms with van der Waals surface area (Å²) in [5.74, 6) is 1.08. The number of aromatic nitrogens is 1. The molecular weight excluding hydrogens is 210 g/mol. The second-order valence-electron chi connectivity index (χ2n) is 4.65. The van der Waals surface area contributed by atoms with Gasteiger partial charge in [-0.05, 0) is 38.4 Å². The molecule has 0 aliphatic carbocycles. The summed E-state index contributed by atoms with van der Waals surface area (Å²) in [6, 6.07) is 4.84. The van der Waals surface area contributed by atoms with E-state index in [1.807, 2.05) is 6.20 Å². The number of rotatable bonds is 5. The monoisotopic (exact) mass is 233 g/mol. The smallest absolute Gasteiger partial charge is 0.130 e. The lowest BCUT2D eigenvalue weighted by Crippen LogP contribution is -2.23. The molecule has 3 nitrogen and oxygen atoms in total. The SMILES string of the molecule is CCCNc1ncccc1[C@@H]1CCCN1CC. The molecule has 0 aromatic carbocycles. The van der Waals surface area contributed by atoms with E-state index >= 15 is 0 Å². The van der Waals surface area contributed by atoms with Crippen molar-refractivity contribution >= 4 is 5.82 Å². The normalized spacial score (nSPS) is 20.7. The molecule has 1 atom stereocenters. The second-order valence-corrected chi connectivity index (χ2v) is 4.65. The van der Waals surface area contributed by atoms with Crippen molar-refractivity contribution in [3.8, 4) is 0 Å². The van der Waals surface area contributed by atoms with Gasteiger partial charge in [0.25, 0.3) is 0 Å². The highest BCUT2D eigenvalue weighted by Crippen LogP contribution is 2.34. The van der Waals surface area contributed by atoms with Gasteiger partial charge in [0.1, 0.15) is 5.82 Å². The number of pyridine rings is 1. The Morgan fingerprint density at radius 3 is 3.12 bits per heavy atom. The third kappa shape index (κ3) is 2.78. The molecule has 1 N–H and O–H groups in total. The first-order valence-corrected chi connectivity index (χ1v) is 6.79. The first kappa shape index (κ1) is 12.4. The minimum Gasteiger partial charge on any atom is -0.370 e. The van der Waals surface area contributed by atoms with Crippen LogP contribution in [0.3, 0.4) is 0 Å². The molecule has 3 heteroatoms. The van der Waals surface area contributed by atoms with E-state index in [1.165, 1.54) is 24.9 Å². The van der Waals surface area contributed by atoms with Crippen LogP contribution in [0.25, 0.3) is 0 Å². The molecule has 1 aliphatic heterocycles. The Morgan fingerprint density at radius 2 is 2.35 bits per heavy atom. The molecule has 1 aromatic heterocycles. The van der Waals surface area contributed by atoms with Gasteiger partial charge in [0, 0.05) is 24.3 Å². The summed E-state index contributed by atoms with van der Waals surface area (Å²) in [6.45, 7) is 7.79. The van der Waals surface area contributed by atoms with Crippen molar-refractivity contribution in [1.29, 1.82) is 0 Å². The van der Waals surface area contributed by atoms with Gasteiger partial charge in [0.15, 0.2) is 0 Å². The second kappa shape index (κ2) is 6.01. The zero-order chi connectivity index (χ0) is 12.1. The van der Waals surface area contributed by atoms with E-state index in [2.05, 4.69) is 41.2 Å². The summed E-state index contributed by atoms with van der Waals surface area (Å²) in [4.78, 5) is 7.04. The van der Waals surface area contributed by atoms with Crippen LogP contribution in [0.4, 0.5) is 5.82 Å². The summed E-state index contributed by atoms with van der Waals surface area (Å²) in [5, 5.41) is 3.45. The molecule has 17 heavy (non-hydrogen) atoms. The maximum atomic E-state index is 4.49.